The Morgan fingerprint density at radius 2 is 2.10 bits per heavy atom. The molecule has 0 radical (unpaired) electrons. The summed E-state index contributed by atoms with van der Waals surface area (Å²) in [6.07, 6.45) is 0.989. The maximum Gasteiger partial charge on any atom is 0.233 e. The number of carbonyl (C=O) groups excluding carboxylic acids is 1. The number of amides is 1. The molecule has 0 saturated heterocycles. The highest BCUT2D eigenvalue weighted by atomic mass is 32.2. The second-order valence-electron chi connectivity index (χ2n) is 5.02. The number of hydrogen-bond donors (Lipinski definition) is 2. The normalized spacial score (nSPS) is 12.7. The van der Waals surface area contributed by atoms with Crippen molar-refractivity contribution in [2.75, 3.05) is 20.1 Å². The smallest absolute Gasteiger partial charge is 0.233 e. The van der Waals surface area contributed by atoms with Crippen molar-refractivity contribution in [2.45, 2.75) is 44.1 Å². The van der Waals surface area contributed by atoms with E-state index in [0.29, 0.717) is 24.2 Å². The minimum atomic E-state index is -0.207. The lowest BCUT2D eigenvalue weighted by Gasteiger charge is -2.12. The van der Waals surface area contributed by atoms with Gasteiger partial charge in [-0.3, -0.25) is 4.79 Å². The molecule has 114 valence electrons. The van der Waals surface area contributed by atoms with Crippen LogP contribution in [0.15, 0.2) is 5.16 Å². The molecule has 0 aromatic carbocycles. The van der Waals surface area contributed by atoms with E-state index < -0.39 is 0 Å². The van der Waals surface area contributed by atoms with Gasteiger partial charge in [-0.1, -0.05) is 25.6 Å². The molecular weight excluding hydrogens is 276 g/mol. The van der Waals surface area contributed by atoms with E-state index in [1.807, 2.05) is 14.0 Å². The van der Waals surface area contributed by atoms with Crippen molar-refractivity contribution in [1.82, 2.24) is 30.8 Å². The Bertz CT molecular complexity index is 408. The van der Waals surface area contributed by atoms with Crippen molar-refractivity contribution in [3.05, 3.63) is 0 Å². The first kappa shape index (κ1) is 16.9. The van der Waals surface area contributed by atoms with E-state index in [9.17, 15) is 4.79 Å². The summed E-state index contributed by atoms with van der Waals surface area (Å²) in [6.45, 7) is 8.33. The molecule has 0 fully saturated rings. The van der Waals surface area contributed by atoms with Crippen molar-refractivity contribution in [2.24, 2.45) is 5.92 Å². The lowest BCUT2D eigenvalue weighted by Crippen LogP contribution is -2.32. The van der Waals surface area contributed by atoms with E-state index in [1.165, 1.54) is 11.8 Å². The number of tetrazole rings is 1. The average Bonchev–Trinajstić information content (AvgIpc) is 2.83. The van der Waals surface area contributed by atoms with Crippen molar-refractivity contribution >= 4 is 17.7 Å². The monoisotopic (exact) mass is 300 g/mol. The van der Waals surface area contributed by atoms with Crippen LogP contribution in [-0.4, -0.2) is 51.5 Å². The zero-order valence-corrected chi connectivity index (χ0v) is 13.4. The first-order chi connectivity index (χ1) is 9.54. The quantitative estimate of drug-likeness (QED) is 0.647. The highest BCUT2D eigenvalue weighted by molar-refractivity contribution is 8.00. The number of thioether (sulfide) groups is 1. The third-order valence-electron chi connectivity index (χ3n) is 2.74. The fourth-order valence-electron chi connectivity index (χ4n) is 1.48. The highest BCUT2D eigenvalue weighted by Crippen LogP contribution is 2.19. The van der Waals surface area contributed by atoms with E-state index >= 15 is 0 Å². The van der Waals surface area contributed by atoms with Crippen LogP contribution in [-0.2, 0) is 11.3 Å². The highest BCUT2D eigenvalue weighted by Gasteiger charge is 2.18. The Morgan fingerprint density at radius 1 is 1.35 bits per heavy atom. The van der Waals surface area contributed by atoms with Gasteiger partial charge < -0.3 is 10.6 Å². The largest absolute Gasteiger partial charge is 0.355 e. The number of carbonyl (C=O) groups is 1. The summed E-state index contributed by atoms with van der Waals surface area (Å²) in [7, 11) is 1.88. The lowest BCUT2D eigenvalue weighted by atomic mass is 10.1. The third-order valence-corrected chi connectivity index (χ3v) is 3.82. The number of hydrogen-bond acceptors (Lipinski definition) is 6. The standard InChI is InChI=1S/C12H24N6OS/c1-9(2)5-6-14-11(19)10(3)20-12-15-16-17-18(12)8-7-13-4/h9-10,13H,5-8H2,1-4H3,(H,14,19). The van der Waals surface area contributed by atoms with Gasteiger partial charge in [-0.2, -0.15) is 0 Å². The van der Waals surface area contributed by atoms with Crippen LogP contribution in [0.3, 0.4) is 0 Å². The second-order valence-corrected chi connectivity index (χ2v) is 6.33. The molecule has 1 aromatic heterocycles. The minimum Gasteiger partial charge on any atom is -0.355 e. The van der Waals surface area contributed by atoms with Crippen LogP contribution >= 0.6 is 11.8 Å². The van der Waals surface area contributed by atoms with Crippen LogP contribution in [0.5, 0.6) is 0 Å². The molecule has 0 bridgehead atoms. The van der Waals surface area contributed by atoms with Gasteiger partial charge in [0.05, 0.1) is 11.8 Å². The number of nitrogens with zero attached hydrogens (tertiary/aromatic N) is 4. The Balaban J connectivity index is 2.42. The Labute approximate surface area is 124 Å². The first-order valence-electron chi connectivity index (χ1n) is 6.89. The molecule has 2 N–H and O–H groups in total. The van der Waals surface area contributed by atoms with Gasteiger partial charge >= 0.3 is 0 Å². The van der Waals surface area contributed by atoms with Crippen LogP contribution in [0, 0.1) is 5.92 Å². The molecule has 0 aliphatic rings. The van der Waals surface area contributed by atoms with Gasteiger partial charge in [0, 0.05) is 13.1 Å². The average molecular weight is 300 g/mol. The fourth-order valence-corrected chi connectivity index (χ4v) is 2.32. The minimum absolute atomic E-state index is 0.0267. The van der Waals surface area contributed by atoms with Crippen LogP contribution in [0.4, 0.5) is 0 Å². The maximum atomic E-state index is 12.0. The van der Waals surface area contributed by atoms with Crippen LogP contribution < -0.4 is 10.6 Å². The Hall–Kier alpha value is -1.15. The van der Waals surface area contributed by atoms with Crippen LogP contribution in [0.1, 0.15) is 27.2 Å². The Morgan fingerprint density at radius 3 is 2.75 bits per heavy atom. The van der Waals surface area contributed by atoms with Crippen molar-refractivity contribution in [1.29, 1.82) is 0 Å². The molecule has 7 nitrogen and oxygen atoms in total. The molecule has 1 aromatic rings. The molecule has 0 aliphatic carbocycles. The maximum absolute atomic E-state index is 12.0. The summed E-state index contributed by atoms with van der Waals surface area (Å²) < 4.78 is 1.71. The van der Waals surface area contributed by atoms with Crippen LogP contribution in [0.25, 0.3) is 0 Å². The number of rotatable bonds is 9. The van der Waals surface area contributed by atoms with E-state index in [1.54, 1.807) is 4.68 Å². The molecule has 20 heavy (non-hydrogen) atoms. The molecule has 1 rings (SSSR count). The van der Waals surface area contributed by atoms with Crippen LogP contribution in [0.2, 0.25) is 0 Å². The van der Waals surface area contributed by atoms with E-state index in [-0.39, 0.29) is 11.2 Å². The molecule has 1 amide bonds. The van der Waals surface area contributed by atoms with E-state index in [4.69, 9.17) is 0 Å². The molecule has 1 unspecified atom stereocenters. The van der Waals surface area contributed by atoms with Crippen molar-refractivity contribution in [3.8, 4) is 0 Å². The van der Waals surface area contributed by atoms with Gasteiger partial charge in [-0.05, 0) is 36.7 Å². The Kier molecular flexibility index (Phi) is 7.53. The summed E-state index contributed by atoms with van der Waals surface area (Å²) in [5, 5.41) is 18.0. The lowest BCUT2D eigenvalue weighted by molar-refractivity contribution is -0.120. The molecule has 8 heteroatoms. The molecule has 1 atom stereocenters. The zero-order valence-electron chi connectivity index (χ0n) is 12.6. The van der Waals surface area contributed by atoms with Gasteiger partial charge in [-0.15, -0.1) is 5.10 Å². The molecule has 0 aliphatic heterocycles. The topological polar surface area (TPSA) is 84.7 Å². The summed E-state index contributed by atoms with van der Waals surface area (Å²) in [5.41, 5.74) is 0. The van der Waals surface area contributed by atoms with Gasteiger partial charge in [0.1, 0.15) is 0 Å². The third kappa shape index (κ3) is 5.87. The first-order valence-corrected chi connectivity index (χ1v) is 7.77. The second kappa shape index (κ2) is 8.91. The summed E-state index contributed by atoms with van der Waals surface area (Å²) in [4.78, 5) is 12.0. The number of nitrogens with one attached hydrogen (secondary N) is 2. The van der Waals surface area contributed by atoms with E-state index in [0.717, 1.165) is 13.0 Å². The summed E-state index contributed by atoms with van der Waals surface area (Å²) in [5.74, 6) is 0.617. The predicted molar refractivity (Wildman–Crippen MR) is 79.5 cm³/mol. The van der Waals surface area contributed by atoms with Gasteiger partial charge in [0.2, 0.25) is 11.1 Å². The summed E-state index contributed by atoms with van der Waals surface area (Å²) >= 11 is 1.38. The van der Waals surface area contributed by atoms with Gasteiger partial charge in [0.25, 0.3) is 0 Å². The van der Waals surface area contributed by atoms with Gasteiger partial charge in [-0.25, -0.2) is 4.68 Å². The van der Waals surface area contributed by atoms with Crippen molar-refractivity contribution in [3.63, 3.8) is 0 Å². The SMILES string of the molecule is CNCCn1nnnc1SC(C)C(=O)NCCC(C)C. The number of likely N-dealkylation sites (N-methyl/N-ethyl adjacent to an activating group) is 1. The zero-order chi connectivity index (χ0) is 15.0. The molecule has 0 spiro atoms. The number of aromatic nitrogens is 4. The molecule has 1 heterocycles. The predicted octanol–water partition coefficient (Wildman–Crippen LogP) is 0.535. The van der Waals surface area contributed by atoms with Gasteiger partial charge in [0.15, 0.2) is 0 Å². The summed E-state index contributed by atoms with van der Waals surface area (Å²) in [6, 6.07) is 0. The van der Waals surface area contributed by atoms with Crippen molar-refractivity contribution < 1.29 is 4.79 Å². The fraction of sp³-hybridized carbons (Fsp3) is 0.833. The molecular formula is C12H24N6OS. The van der Waals surface area contributed by atoms with E-state index in [2.05, 4.69) is 40.0 Å². The molecule has 0 saturated carbocycles.